The van der Waals surface area contributed by atoms with Crippen LogP contribution in [-0.4, -0.2) is 57.7 Å². The lowest BCUT2D eigenvalue weighted by atomic mass is 10.0. The van der Waals surface area contributed by atoms with E-state index < -0.39 is 17.9 Å². The van der Waals surface area contributed by atoms with Crippen LogP contribution >= 0.6 is 0 Å². The number of aromatic amines is 1. The molecule has 2 atom stereocenters. The second kappa shape index (κ2) is 9.30. The van der Waals surface area contributed by atoms with Crippen molar-refractivity contribution in [3.63, 3.8) is 0 Å². The maximum Gasteiger partial charge on any atom is 0.407 e. The number of H-pyrrole nitrogens is 1. The molecule has 1 saturated heterocycles. The summed E-state index contributed by atoms with van der Waals surface area (Å²) in [6.45, 7) is 6.16. The zero-order valence-electron chi connectivity index (χ0n) is 18.9. The third kappa shape index (κ3) is 5.66. The van der Waals surface area contributed by atoms with Gasteiger partial charge < -0.3 is 20.3 Å². The van der Waals surface area contributed by atoms with Gasteiger partial charge in [-0.2, -0.15) is 10.1 Å². The quantitative estimate of drug-likeness (QED) is 0.619. The molecule has 1 amide bonds. The standard InChI is InChI=1S/C22H32FN7O2/c1-22(2,3)32-21(31)25-11-15-12-30(13-16(15)23)20-24-9-8-18(27-20)26-19-10-17(28-29-19)14-6-4-5-7-14/h8-10,14-16H,4-7,11-13H2,1-3H3,(H,25,31)(H2,24,26,27,28,29)/t15-,16+/m0/s1. The summed E-state index contributed by atoms with van der Waals surface area (Å²) in [4.78, 5) is 22.5. The van der Waals surface area contributed by atoms with E-state index in [9.17, 15) is 9.18 Å². The van der Waals surface area contributed by atoms with Crippen molar-refractivity contribution >= 4 is 23.7 Å². The van der Waals surface area contributed by atoms with E-state index in [-0.39, 0.29) is 19.0 Å². The van der Waals surface area contributed by atoms with Gasteiger partial charge >= 0.3 is 6.09 Å². The number of alkyl carbamates (subject to hydrolysis) is 1. The number of ether oxygens (including phenoxy) is 1. The lowest BCUT2D eigenvalue weighted by molar-refractivity contribution is 0.0515. The fourth-order valence-corrected chi connectivity index (χ4v) is 4.26. The number of nitrogens with one attached hydrogen (secondary N) is 3. The van der Waals surface area contributed by atoms with Gasteiger partial charge in [0.1, 0.15) is 17.6 Å². The van der Waals surface area contributed by atoms with Gasteiger partial charge in [-0.3, -0.25) is 5.10 Å². The highest BCUT2D eigenvalue weighted by Gasteiger charge is 2.34. The van der Waals surface area contributed by atoms with Crippen LogP contribution in [0.15, 0.2) is 18.3 Å². The van der Waals surface area contributed by atoms with Crippen molar-refractivity contribution in [2.75, 3.05) is 29.9 Å². The molecule has 3 heterocycles. The van der Waals surface area contributed by atoms with E-state index >= 15 is 0 Å². The molecule has 10 heteroatoms. The number of carbonyl (C=O) groups is 1. The highest BCUT2D eigenvalue weighted by Crippen LogP contribution is 2.34. The number of carbonyl (C=O) groups excluding carboxylic acids is 1. The summed E-state index contributed by atoms with van der Waals surface area (Å²) in [6, 6.07) is 3.79. The van der Waals surface area contributed by atoms with Crippen molar-refractivity contribution in [2.45, 2.75) is 64.1 Å². The molecule has 9 nitrogen and oxygen atoms in total. The number of anilines is 3. The number of halogens is 1. The average molecular weight is 446 g/mol. The molecule has 0 radical (unpaired) electrons. The topological polar surface area (TPSA) is 108 Å². The molecule has 2 aromatic heterocycles. The predicted molar refractivity (Wildman–Crippen MR) is 120 cm³/mol. The summed E-state index contributed by atoms with van der Waals surface area (Å²) in [5.41, 5.74) is 0.563. The molecule has 0 spiro atoms. The van der Waals surface area contributed by atoms with E-state index in [1.54, 1.807) is 37.9 Å². The molecule has 1 aliphatic heterocycles. The van der Waals surface area contributed by atoms with Crippen molar-refractivity contribution in [2.24, 2.45) is 5.92 Å². The van der Waals surface area contributed by atoms with Crippen LogP contribution in [0.5, 0.6) is 0 Å². The minimum Gasteiger partial charge on any atom is -0.444 e. The molecule has 2 aromatic rings. The maximum absolute atomic E-state index is 14.6. The summed E-state index contributed by atoms with van der Waals surface area (Å²) in [7, 11) is 0. The monoisotopic (exact) mass is 445 g/mol. The van der Waals surface area contributed by atoms with Gasteiger partial charge in [-0.15, -0.1) is 0 Å². The lowest BCUT2D eigenvalue weighted by Gasteiger charge is -2.21. The second-order valence-corrected chi connectivity index (χ2v) is 9.62. The van der Waals surface area contributed by atoms with Gasteiger partial charge in [-0.1, -0.05) is 12.8 Å². The molecule has 1 saturated carbocycles. The van der Waals surface area contributed by atoms with Crippen LogP contribution in [0.4, 0.5) is 26.8 Å². The number of hydrogen-bond donors (Lipinski definition) is 3. The van der Waals surface area contributed by atoms with E-state index in [4.69, 9.17) is 4.74 Å². The highest BCUT2D eigenvalue weighted by atomic mass is 19.1. The predicted octanol–water partition coefficient (Wildman–Crippen LogP) is 3.90. The number of nitrogens with zero attached hydrogens (tertiary/aromatic N) is 4. The maximum atomic E-state index is 14.6. The van der Waals surface area contributed by atoms with Crippen molar-refractivity contribution in [1.82, 2.24) is 25.5 Å². The first-order chi connectivity index (χ1) is 15.3. The third-order valence-electron chi connectivity index (χ3n) is 5.84. The SMILES string of the molecule is CC(C)(C)OC(=O)NC[C@H]1CN(c2nccc(Nc3cc(C4CCCC4)[nH]n3)n2)C[C@H]1F. The van der Waals surface area contributed by atoms with Crippen LogP contribution in [0.2, 0.25) is 0 Å². The van der Waals surface area contributed by atoms with Gasteiger partial charge in [0.2, 0.25) is 5.95 Å². The number of hydrogen-bond acceptors (Lipinski definition) is 7. The summed E-state index contributed by atoms with van der Waals surface area (Å²) in [5, 5.41) is 13.3. The van der Waals surface area contributed by atoms with Gasteiger partial charge in [-0.25, -0.2) is 14.2 Å². The zero-order chi connectivity index (χ0) is 22.7. The Hall–Kier alpha value is -2.91. The smallest absolute Gasteiger partial charge is 0.407 e. The second-order valence-electron chi connectivity index (χ2n) is 9.62. The Morgan fingerprint density at radius 2 is 2.06 bits per heavy atom. The van der Waals surface area contributed by atoms with Crippen LogP contribution in [-0.2, 0) is 4.74 Å². The van der Waals surface area contributed by atoms with Crippen molar-refractivity contribution in [3.05, 3.63) is 24.0 Å². The fraction of sp³-hybridized carbons (Fsp3) is 0.636. The normalized spacial score (nSPS) is 21.7. The van der Waals surface area contributed by atoms with E-state index in [1.165, 1.54) is 25.7 Å². The molecular weight excluding hydrogens is 413 g/mol. The summed E-state index contributed by atoms with van der Waals surface area (Å²) < 4.78 is 19.8. The van der Waals surface area contributed by atoms with Crippen LogP contribution in [0.1, 0.15) is 58.1 Å². The van der Waals surface area contributed by atoms with Gasteiger partial charge in [0, 0.05) is 42.9 Å². The minimum atomic E-state index is -1.09. The number of alkyl halides is 1. The molecule has 0 unspecified atom stereocenters. The zero-order valence-corrected chi connectivity index (χ0v) is 18.9. The Morgan fingerprint density at radius 3 is 2.81 bits per heavy atom. The average Bonchev–Trinajstić information content (AvgIpc) is 3.46. The Kier molecular flexibility index (Phi) is 6.48. The first kappa shape index (κ1) is 22.3. The van der Waals surface area contributed by atoms with Crippen LogP contribution in [0.25, 0.3) is 0 Å². The third-order valence-corrected chi connectivity index (χ3v) is 5.84. The molecule has 32 heavy (non-hydrogen) atoms. The van der Waals surface area contributed by atoms with E-state index in [1.807, 2.05) is 6.07 Å². The Labute approximate surface area is 187 Å². The Morgan fingerprint density at radius 1 is 1.28 bits per heavy atom. The number of rotatable bonds is 6. The van der Waals surface area contributed by atoms with Crippen LogP contribution in [0.3, 0.4) is 0 Å². The van der Waals surface area contributed by atoms with E-state index in [0.29, 0.717) is 30.0 Å². The Bertz CT molecular complexity index is 923. The number of aromatic nitrogens is 4. The molecular formula is C22H32FN7O2. The minimum absolute atomic E-state index is 0.179. The van der Waals surface area contributed by atoms with E-state index in [0.717, 1.165) is 5.69 Å². The highest BCUT2D eigenvalue weighted by molar-refractivity contribution is 5.67. The molecule has 2 aliphatic rings. The molecule has 0 aromatic carbocycles. The Balaban J connectivity index is 1.33. The van der Waals surface area contributed by atoms with Gasteiger partial charge in [0.15, 0.2) is 5.82 Å². The molecule has 3 N–H and O–H groups in total. The van der Waals surface area contributed by atoms with Crippen LogP contribution in [0, 0.1) is 5.92 Å². The first-order valence-electron chi connectivity index (χ1n) is 11.3. The largest absolute Gasteiger partial charge is 0.444 e. The van der Waals surface area contributed by atoms with Crippen molar-refractivity contribution < 1.29 is 13.9 Å². The van der Waals surface area contributed by atoms with Crippen LogP contribution < -0.4 is 15.5 Å². The molecule has 2 fully saturated rings. The number of amides is 1. The first-order valence-corrected chi connectivity index (χ1v) is 11.3. The lowest BCUT2D eigenvalue weighted by Crippen LogP contribution is -2.37. The molecule has 174 valence electrons. The van der Waals surface area contributed by atoms with Crippen molar-refractivity contribution in [3.8, 4) is 0 Å². The molecule has 1 aliphatic carbocycles. The van der Waals surface area contributed by atoms with Gasteiger partial charge in [0.25, 0.3) is 0 Å². The van der Waals surface area contributed by atoms with Gasteiger partial charge in [-0.05, 0) is 39.7 Å². The summed E-state index contributed by atoms with van der Waals surface area (Å²) in [6.07, 6.45) is 4.94. The van der Waals surface area contributed by atoms with Gasteiger partial charge in [0.05, 0.1) is 6.54 Å². The van der Waals surface area contributed by atoms with E-state index in [2.05, 4.69) is 30.8 Å². The summed E-state index contributed by atoms with van der Waals surface area (Å²) >= 11 is 0. The molecule has 0 bridgehead atoms. The fourth-order valence-electron chi connectivity index (χ4n) is 4.26. The van der Waals surface area contributed by atoms with Crippen molar-refractivity contribution in [1.29, 1.82) is 0 Å². The molecule has 4 rings (SSSR count). The summed E-state index contributed by atoms with van der Waals surface area (Å²) in [5.74, 6) is 1.95.